The summed E-state index contributed by atoms with van der Waals surface area (Å²) in [5, 5.41) is 6.66. The lowest BCUT2D eigenvalue weighted by Crippen LogP contribution is -2.38. The molecule has 0 aliphatic heterocycles. The zero-order valence-electron chi connectivity index (χ0n) is 16.6. The second-order valence-corrected chi connectivity index (χ2v) is 7.00. The Kier molecular flexibility index (Phi) is 10.9. The number of nitrogens with one attached hydrogen (secondary N) is 2. The van der Waals surface area contributed by atoms with Crippen molar-refractivity contribution >= 4 is 5.96 Å². The summed E-state index contributed by atoms with van der Waals surface area (Å²) >= 11 is 0. The summed E-state index contributed by atoms with van der Waals surface area (Å²) < 4.78 is 5.60. The maximum Gasteiger partial charge on any atom is 0.191 e. The first kappa shape index (κ1) is 21.5. The van der Waals surface area contributed by atoms with E-state index < -0.39 is 0 Å². The highest BCUT2D eigenvalue weighted by molar-refractivity contribution is 5.79. The van der Waals surface area contributed by atoms with Crippen LogP contribution < -0.4 is 10.6 Å². The van der Waals surface area contributed by atoms with Crippen LogP contribution in [-0.2, 0) is 17.8 Å². The number of hydrogen-bond acceptors (Lipinski definition) is 3. The highest BCUT2D eigenvalue weighted by Gasteiger charge is 2.00. The van der Waals surface area contributed by atoms with Gasteiger partial charge in [0.05, 0.1) is 6.54 Å². The van der Waals surface area contributed by atoms with Crippen molar-refractivity contribution in [2.45, 2.75) is 40.3 Å². The molecule has 0 spiro atoms. The molecular weight excluding hydrogens is 312 g/mol. The van der Waals surface area contributed by atoms with Crippen LogP contribution in [0.5, 0.6) is 0 Å². The van der Waals surface area contributed by atoms with Crippen molar-refractivity contribution in [3.63, 3.8) is 0 Å². The molecule has 0 aliphatic rings. The summed E-state index contributed by atoms with van der Waals surface area (Å²) in [7, 11) is 4.17. The van der Waals surface area contributed by atoms with Crippen LogP contribution in [0, 0.1) is 5.92 Å². The third-order valence-electron chi connectivity index (χ3n) is 3.49. The zero-order valence-corrected chi connectivity index (χ0v) is 16.6. The summed E-state index contributed by atoms with van der Waals surface area (Å²) in [6.45, 7) is 11.4. The number of guanidine groups is 1. The van der Waals surface area contributed by atoms with Crippen LogP contribution in [0.1, 0.15) is 38.3 Å². The first-order valence-corrected chi connectivity index (χ1v) is 9.33. The van der Waals surface area contributed by atoms with Gasteiger partial charge in [0.2, 0.25) is 0 Å². The molecule has 142 valence electrons. The molecule has 0 unspecified atom stereocenters. The number of rotatable bonds is 11. The fourth-order valence-electron chi connectivity index (χ4n) is 2.33. The second-order valence-electron chi connectivity index (χ2n) is 7.00. The number of ether oxygens (including phenoxy) is 1. The van der Waals surface area contributed by atoms with Crippen molar-refractivity contribution in [3.05, 3.63) is 35.4 Å². The first-order chi connectivity index (χ1) is 12.0. The van der Waals surface area contributed by atoms with Gasteiger partial charge in [-0.3, -0.25) is 0 Å². The summed E-state index contributed by atoms with van der Waals surface area (Å²) in [5.41, 5.74) is 2.55. The van der Waals surface area contributed by atoms with Crippen LogP contribution in [0.3, 0.4) is 0 Å². The largest absolute Gasteiger partial charge is 0.381 e. The molecule has 25 heavy (non-hydrogen) atoms. The molecule has 0 radical (unpaired) electrons. The van der Waals surface area contributed by atoms with Gasteiger partial charge in [-0.2, -0.15) is 0 Å². The van der Waals surface area contributed by atoms with Crippen LogP contribution in [0.15, 0.2) is 29.3 Å². The SMILES string of the molecule is CCNC(=NCc1ccc(CN(C)C)cc1)NCCCOCC(C)C. The van der Waals surface area contributed by atoms with E-state index in [1.807, 2.05) is 0 Å². The van der Waals surface area contributed by atoms with Crippen molar-refractivity contribution in [2.24, 2.45) is 10.9 Å². The fraction of sp³-hybridized carbons (Fsp3) is 0.650. The smallest absolute Gasteiger partial charge is 0.191 e. The monoisotopic (exact) mass is 348 g/mol. The van der Waals surface area contributed by atoms with Crippen LogP contribution >= 0.6 is 0 Å². The van der Waals surface area contributed by atoms with Gasteiger partial charge in [0.15, 0.2) is 5.96 Å². The molecule has 0 aliphatic carbocycles. The average Bonchev–Trinajstić information content (AvgIpc) is 2.56. The Labute approximate surface area is 153 Å². The van der Waals surface area contributed by atoms with Crippen molar-refractivity contribution in [1.29, 1.82) is 0 Å². The molecule has 1 rings (SSSR count). The van der Waals surface area contributed by atoms with Gasteiger partial charge < -0.3 is 20.3 Å². The maximum absolute atomic E-state index is 5.60. The minimum absolute atomic E-state index is 0.593. The van der Waals surface area contributed by atoms with Gasteiger partial charge in [-0.25, -0.2) is 4.99 Å². The molecule has 0 aromatic heterocycles. The summed E-state index contributed by atoms with van der Waals surface area (Å²) in [6, 6.07) is 8.67. The summed E-state index contributed by atoms with van der Waals surface area (Å²) in [4.78, 5) is 6.84. The Hall–Kier alpha value is -1.59. The lowest BCUT2D eigenvalue weighted by molar-refractivity contribution is 0.108. The van der Waals surface area contributed by atoms with Crippen molar-refractivity contribution in [3.8, 4) is 0 Å². The number of hydrogen-bond donors (Lipinski definition) is 2. The van der Waals surface area contributed by atoms with Gasteiger partial charge in [-0.15, -0.1) is 0 Å². The maximum atomic E-state index is 5.60. The lowest BCUT2D eigenvalue weighted by Gasteiger charge is -2.12. The van der Waals surface area contributed by atoms with Crippen molar-refractivity contribution in [2.75, 3.05) is 40.4 Å². The molecule has 1 aromatic rings. The quantitative estimate of drug-likeness (QED) is 0.367. The fourth-order valence-corrected chi connectivity index (χ4v) is 2.33. The highest BCUT2D eigenvalue weighted by Crippen LogP contribution is 2.07. The molecule has 0 atom stereocenters. The summed E-state index contributed by atoms with van der Waals surface area (Å²) in [5.74, 6) is 1.46. The average molecular weight is 349 g/mol. The van der Waals surface area contributed by atoms with Gasteiger partial charge in [0, 0.05) is 32.8 Å². The Morgan fingerprint density at radius 2 is 1.80 bits per heavy atom. The van der Waals surface area contributed by atoms with E-state index in [0.29, 0.717) is 12.5 Å². The van der Waals surface area contributed by atoms with Crippen LogP contribution in [0.2, 0.25) is 0 Å². The van der Waals surface area contributed by atoms with Gasteiger partial charge in [-0.1, -0.05) is 38.1 Å². The minimum Gasteiger partial charge on any atom is -0.381 e. The van der Waals surface area contributed by atoms with Crippen molar-refractivity contribution < 1.29 is 4.74 Å². The van der Waals surface area contributed by atoms with E-state index in [4.69, 9.17) is 4.74 Å². The molecule has 0 saturated carbocycles. The zero-order chi connectivity index (χ0) is 18.5. The van der Waals surface area contributed by atoms with Gasteiger partial charge in [0.25, 0.3) is 0 Å². The second kappa shape index (κ2) is 12.7. The first-order valence-electron chi connectivity index (χ1n) is 9.33. The summed E-state index contributed by atoms with van der Waals surface area (Å²) in [6.07, 6.45) is 0.983. The van der Waals surface area contributed by atoms with E-state index in [0.717, 1.165) is 45.2 Å². The number of aliphatic imine (C=N–C) groups is 1. The van der Waals surface area contributed by atoms with E-state index in [1.165, 1.54) is 11.1 Å². The molecule has 0 heterocycles. The molecule has 5 heteroatoms. The van der Waals surface area contributed by atoms with Crippen molar-refractivity contribution in [1.82, 2.24) is 15.5 Å². The molecule has 5 nitrogen and oxygen atoms in total. The number of nitrogens with zero attached hydrogens (tertiary/aromatic N) is 2. The molecule has 0 fully saturated rings. The van der Waals surface area contributed by atoms with E-state index in [9.17, 15) is 0 Å². The highest BCUT2D eigenvalue weighted by atomic mass is 16.5. The van der Waals surface area contributed by atoms with Gasteiger partial charge >= 0.3 is 0 Å². The molecule has 0 saturated heterocycles. The molecular formula is C20H36N4O. The minimum atomic E-state index is 0.593. The Bertz CT molecular complexity index is 483. The van der Waals surface area contributed by atoms with E-state index >= 15 is 0 Å². The third-order valence-corrected chi connectivity index (χ3v) is 3.49. The van der Waals surface area contributed by atoms with E-state index in [-0.39, 0.29) is 0 Å². The Morgan fingerprint density at radius 3 is 2.40 bits per heavy atom. The van der Waals surface area contributed by atoms with E-state index in [1.54, 1.807) is 0 Å². The molecule has 2 N–H and O–H groups in total. The topological polar surface area (TPSA) is 48.9 Å². The molecule has 0 bridgehead atoms. The predicted molar refractivity (Wildman–Crippen MR) is 107 cm³/mol. The molecule has 0 amide bonds. The standard InChI is InChI=1S/C20H36N4O/c1-6-21-20(22-12-7-13-25-16-17(2)3)23-14-18-8-10-19(11-9-18)15-24(4)5/h8-11,17H,6-7,12-16H2,1-5H3,(H2,21,22,23). The lowest BCUT2D eigenvalue weighted by atomic mass is 10.1. The number of benzene rings is 1. The Morgan fingerprint density at radius 1 is 1.12 bits per heavy atom. The third kappa shape index (κ3) is 10.8. The van der Waals surface area contributed by atoms with Crippen LogP contribution in [0.25, 0.3) is 0 Å². The molecule has 1 aromatic carbocycles. The van der Waals surface area contributed by atoms with Crippen LogP contribution in [-0.4, -0.2) is 51.3 Å². The van der Waals surface area contributed by atoms with Gasteiger partial charge in [0.1, 0.15) is 0 Å². The van der Waals surface area contributed by atoms with Gasteiger partial charge in [-0.05, 0) is 44.5 Å². The van der Waals surface area contributed by atoms with Crippen LogP contribution in [0.4, 0.5) is 0 Å². The van der Waals surface area contributed by atoms with E-state index in [2.05, 4.69) is 79.7 Å². The normalized spacial score (nSPS) is 12.0. The Balaban J connectivity index is 2.38. The predicted octanol–water partition coefficient (Wildman–Crippen LogP) is 2.87.